The van der Waals surface area contributed by atoms with Crippen molar-refractivity contribution in [1.82, 2.24) is 9.78 Å². The highest BCUT2D eigenvalue weighted by molar-refractivity contribution is 5.41. The molecule has 0 amide bonds. The van der Waals surface area contributed by atoms with Crippen LogP contribution in [0.25, 0.3) is 0 Å². The van der Waals surface area contributed by atoms with Crippen LogP contribution in [0.15, 0.2) is 60.7 Å². The van der Waals surface area contributed by atoms with Crippen LogP contribution in [-0.2, 0) is 13.2 Å². The number of nitrogen functional groups attached to an aromatic ring is 1. The van der Waals surface area contributed by atoms with Gasteiger partial charge in [-0.15, -0.1) is 0 Å². The van der Waals surface area contributed by atoms with Gasteiger partial charge in [0.05, 0.1) is 17.9 Å². The Morgan fingerprint density at radius 3 is 2.50 bits per heavy atom. The topological polar surface area (TPSA) is 53.1 Å². The second-order valence-electron chi connectivity index (χ2n) is 5.28. The van der Waals surface area contributed by atoms with Crippen molar-refractivity contribution in [2.75, 3.05) is 5.73 Å². The summed E-state index contributed by atoms with van der Waals surface area (Å²) in [4.78, 5) is 0. The fourth-order valence-corrected chi connectivity index (χ4v) is 2.33. The fourth-order valence-electron chi connectivity index (χ4n) is 2.33. The van der Waals surface area contributed by atoms with Gasteiger partial charge in [0, 0.05) is 5.69 Å². The summed E-state index contributed by atoms with van der Waals surface area (Å²) in [6, 6.07) is 19.8. The van der Waals surface area contributed by atoms with Crippen LogP contribution in [0.4, 0.5) is 5.69 Å². The molecule has 4 nitrogen and oxygen atoms in total. The zero-order chi connectivity index (χ0) is 15.4. The lowest BCUT2D eigenvalue weighted by Crippen LogP contribution is -2.09. The van der Waals surface area contributed by atoms with Gasteiger partial charge in [-0.25, -0.2) is 0 Å². The number of hydrogen-bond donors (Lipinski definition) is 1. The Kier molecular flexibility index (Phi) is 4.10. The first-order valence-electron chi connectivity index (χ1n) is 7.26. The molecule has 2 N–H and O–H groups in total. The van der Waals surface area contributed by atoms with E-state index in [1.807, 2.05) is 54.1 Å². The van der Waals surface area contributed by atoms with Crippen LogP contribution in [0.5, 0.6) is 5.75 Å². The van der Waals surface area contributed by atoms with E-state index in [1.165, 1.54) is 5.56 Å². The smallest absolute Gasteiger partial charge is 0.130 e. The molecule has 0 aliphatic heterocycles. The Bertz CT molecular complexity index is 733. The van der Waals surface area contributed by atoms with E-state index < -0.39 is 0 Å². The maximum Gasteiger partial charge on any atom is 0.130 e. The number of hydrogen-bond acceptors (Lipinski definition) is 3. The van der Waals surface area contributed by atoms with E-state index in [-0.39, 0.29) is 0 Å². The summed E-state index contributed by atoms with van der Waals surface area (Å²) in [5.74, 6) is 0.805. The van der Waals surface area contributed by atoms with Gasteiger partial charge in [0.2, 0.25) is 0 Å². The number of nitrogens with two attached hydrogens (primary N) is 1. The number of anilines is 1. The zero-order valence-corrected chi connectivity index (χ0v) is 12.6. The predicted octanol–water partition coefficient (Wildman–Crippen LogP) is 3.40. The lowest BCUT2D eigenvalue weighted by Gasteiger charge is -2.09. The van der Waals surface area contributed by atoms with E-state index in [9.17, 15) is 0 Å². The maximum absolute atomic E-state index is 5.82. The van der Waals surface area contributed by atoms with Crippen molar-refractivity contribution in [2.24, 2.45) is 0 Å². The summed E-state index contributed by atoms with van der Waals surface area (Å²) in [7, 11) is 0. The molecule has 3 aromatic rings. The second kappa shape index (κ2) is 6.35. The van der Waals surface area contributed by atoms with Crippen molar-refractivity contribution in [3.05, 3.63) is 77.6 Å². The molecule has 0 saturated heterocycles. The van der Waals surface area contributed by atoms with Crippen LogP contribution in [0.3, 0.4) is 0 Å². The Morgan fingerprint density at radius 2 is 1.77 bits per heavy atom. The lowest BCUT2D eigenvalue weighted by atomic mass is 10.2. The van der Waals surface area contributed by atoms with Gasteiger partial charge in [0.25, 0.3) is 0 Å². The fraction of sp³-hybridized carbons (Fsp3) is 0.167. The van der Waals surface area contributed by atoms with Gasteiger partial charge in [-0.3, -0.25) is 4.68 Å². The molecule has 3 rings (SSSR count). The molecule has 0 aliphatic rings. The first kappa shape index (κ1) is 14.2. The van der Waals surface area contributed by atoms with E-state index in [0.29, 0.717) is 6.61 Å². The van der Waals surface area contributed by atoms with Gasteiger partial charge in [-0.1, -0.05) is 30.3 Å². The number of rotatable bonds is 5. The summed E-state index contributed by atoms with van der Waals surface area (Å²) >= 11 is 0. The Hall–Kier alpha value is -2.75. The number of ether oxygens (including phenoxy) is 1. The highest BCUT2D eigenvalue weighted by atomic mass is 16.5. The van der Waals surface area contributed by atoms with Gasteiger partial charge in [0.1, 0.15) is 12.4 Å². The van der Waals surface area contributed by atoms with Gasteiger partial charge in [-0.05, 0) is 42.8 Å². The zero-order valence-electron chi connectivity index (χ0n) is 12.6. The van der Waals surface area contributed by atoms with E-state index in [0.717, 1.165) is 29.4 Å². The van der Waals surface area contributed by atoms with Crippen LogP contribution < -0.4 is 10.5 Å². The number of benzene rings is 2. The molecule has 0 unspecified atom stereocenters. The van der Waals surface area contributed by atoms with Crippen LogP contribution in [0, 0.1) is 6.92 Å². The van der Waals surface area contributed by atoms with Crippen molar-refractivity contribution in [2.45, 2.75) is 20.1 Å². The van der Waals surface area contributed by atoms with E-state index in [2.05, 4.69) is 23.3 Å². The van der Waals surface area contributed by atoms with Gasteiger partial charge < -0.3 is 10.5 Å². The standard InChI is InChI=1S/C18H19N3O/c1-14-11-17(13-22-18-9-7-16(19)8-10-18)21(20-14)12-15-5-3-2-4-6-15/h2-11H,12-13,19H2,1H3. The molecule has 0 fully saturated rings. The monoisotopic (exact) mass is 293 g/mol. The third-order valence-electron chi connectivity index (χ3n) is 3.43. The summed E-state index contributed by atoms with van der Waals surface area (Å²) in [5.41, 5.74) is 9.68. The summed E-state index contributed by atoms with van der Waals surface area (Å²) in [6.07, 6.45) is 0. The molecule has 112 valence electrons. The summed E-state index contributed by atoms with van der Waals surface area (Å²) in [5, 5.41) is 4.55. The molecule has 0 bridgehead atoms. The van der Waals surface area contributed by atoms with Crippen LogP contribution >= 0.6 is 0 Å². The van der Waals surface area contributed by atoms with Crippen molar-refractivity contribution >= 4 is 5.69 Å². The number of nitrogens with zero attached hydrogens (tertiary/aromatic N) is 2. The van der Waals surface area contributed by atoms with Crippen molar-refractivity contribution in [1.29, 1.82) is 0 Å². The Balaban J connectivity index is 1.72. The molecule has 22 heavy (non-hydrogen) atoms. The molecule has 0 saturated carbocycles. The average molecular weight is 293 g/mol. The van der Waals surface area contributed by atoms with Gasteiger partial charge in [0.15, 0.2) is 0 Å². The lowest BCUT2D eigenvalue weighted by molar-refractivity contribution is 0.293. The molecule has 4 heteroatoms. The largest absolute Gasteiger partial charge is 0.487 e. The van der Waals surface area contributed by atoms with Crippen molar-refractivity contribution in [3.8, 4) is 5.75 Å². The molecule has 2 aromatic carbocycles. The van der Waals surface area contributed by atoms with Crippen LogP contribution in [0.1, 0.15) is 17.0 Å². The SMILES string of the molecule is Cc1cc(COc2ccc(N)cc2)n(Cc2ccccc2)n1. The Morgan fingerprint density at radius 1 is 1.05 bits per heavy atom. The molecular weight excluding hydrogens is 274 g/mol. The molecule has 1 aromatic heterocycles. The molecule has 0 atom stereocenters. The first-order valence-corrected chi connectivity index (χ1v) is 7.26. The molecule has 0 spiro atoms. The van der Waals surface area contributed by atoms with E-state index in [4.69, 9.17) is 10.5 Å². The number of aryl methyl sites for hydroxylation is 1. The van der Waals surface area contributed by atoms with E-state index in [1.54, 1.807) is 0 Å². The maximum atomic E-state index is 5.82. The normalized spacial score (nSPS) is 10.6. The minimum absolute atomic E-state index is 0.484. The molecule has 0 aliphatic carbocycles. The molecule has 0 radical (unpaired) electrons. The summed E-state index contributed by atoms with van der Waals surface area (Å²) < 4.78 is 7.81. The third kappa shape index (κ3) is 3.47. The van der Waals surface area contributed by atoms with Gasteiger partial charge in [-0.2, -0.15) is 5.10 Å². The molecular formula is C18H19N3O. The quantitative estimate of drug-likeness (QED) is 0.733. The second-order valence-corrected chi connectivity index (χ2v) is 5.28. The van der Waals surface area contributed by atoms with Crippen molar-refractivity contribution < 1.29 is 4.74 Å². The average Bonchev–Trinajstić information content (AvgIpc) is 2.87. The van der Waals surface area contributed by atoms with E-state index >= 15 is 0 Å². The third-order valence-corrected chi connectivity index (χ3v) is 3.43. The highest BCUT2D eigenvalue weighted by Gasteiger charge is 2.07. The predicted molar refractivity (Wildman–Crippen MR) is 87.7 cm³/mol. The highest BCUT2D eigenvalue weighted by Crippen LogP contribution is 2.16. The summed E-state index contributed by atoms with van der Waals surface area (Å²) in [6.45, 7) is 3.22. The molecule has 1 heterocycles. The van der Waals surface area contributed by atoms with Gasteiger partial charge >= 0.3 is 0 Å². The first-order chi connectivity index (χ1) is 10.7. The van der Waals surface area contributed by atoms with Crippen LogP contribution in [-0.4, -0.2) is 9.78 Å². The Labute approximate surface area is 130 Å². The minimum Gasteiger partial charge on any atom is -0.487 e. The van der Waals surface area contributed by atoms with Crippen molar-refractivity contribution in [3.63, 3.8) is 0 Å². The number of aromatic nitrogens is 2. The van der Waals surface area contributed by atoms with Crippen LogP contribution in [0.2, 0.25) is 0 Å². The minimum atomic E-state index is 0.484.